The maximum atomic E-state index is 10.4. The number of aliphatic carboxylic acids is 1. The van der Waals surface area contributed by atoms with Crippen LogP contribution in [-0.2, 0) is 11.2 Å². The van der Waals surface area contributed by atoms with Crippen LogP contribution in [-0.4, -0.2) is 16.3 Å². The molecule has 3 heteroatoms. The Balaban J connectivity index is 2.19. The first-order valence-corrected chi connectivity index (χ1v) is 5.64. The SMILES string of the molecule is O=C(O)CC(S)CCCc1ccccc1. The molecule has 0 radical (unpaired) electrons. The number of hydrogen-bond acceptors (Lipinski definition) is 2. The van der Waals surface area contributed by atoms with Gasteiger partial charge in [-0.1, -0.05) is 30.3 Å². The van der Waals surface area contributed by atoms with Gasteiger partial charge in [0.15, 0.2) is 0 Å². The fraction of sp³-hybridized carbons (Fsp3) is 0.417. The minimum atomic E-state index is -0.769. The first-order chi connectivity index (χ1) is 7.18. The molecule has 0 fully saturated rings. The molecule has 0 bridgehead atoms. The van der Waals surface area contributed by atoms with Crippen molar-refractivity contribution in [2.45, 2.75) is 30.9 Å². The standard InChI is InChI=1S/C12H16O2S/c13-12(14)9-11(15)8-4-7-10-5-2-1-3-6-10/h1-3,5-6,11,15H,4,7-9H2,(H,13,14). The van der Waals surface area contributed by atoms with E-state index < -0.39 is 5.97 Å². The molecule has 0 aliphatic heterocycles. The predicted molar refractivity (Wildman–Crippen MR) is 64.4 cm³/mol. The average molecular weight is 224 g/mol. The van der Waals surface area contributed by atoms with Crippen molar-refractivity contribution in [2.24, 2.45) is 0 Å². The van der Waals surface area contributed by atoms with E-state index in [1.54, 1.807) is 0 Å². The molecule has 1 aromatic rings. The molecular formula is C12H16O2S. The normalized spacial score (nSPS) is 12.3. The number of hydrogen-bond donors (Lipinski definition) is 2. The van der Waals surface area contributed by atoms with Crippen molar-refractivity contribution in [1.29, 1.82) is 0 Å². The van der Waals surface area contributed by atoms with E-state index >= 15 is 0 Å². The second kappa shape index (κ2) is 6.51. The summed E-state index contributed by atoms with van der Waals surface area (Å²) in [6, 6.07) is 10.2. The second-order valence-electron chi connectivity index (χ2n) is 3.63. The zero-order valence-corrected chi connectivity index (χ0v) is 9.49. The molecule has 0 saturated heterocycles. The first kappa shape index (κ1) is 12.1. The highest BCUT2D eigenvalue weighted by molar-refractivity contribution is 7.81. The second-order valence-corrected chi connectivity index (χ2v) is 4.36. The molecule has 1 N–H and O–H groups in total. The highest BCUT2D eigenvalue weighted by Crippen LogP contribution is 2.12. The summed E-state index contributed by atoms with van der Waals surface area (Å²) in [4.78, 5) is 10.4. The molecule has 1 unspecified atom stereocenters. The Labute approximate surface area is 95.7 Å². The Bertz CT molecular complexity index is 298. The predicted octanol–water partition coefficient (Wildman–Crippen LogP) is 2.78. The topological polar surface area (TPSA) is 37.3 Å². The van der Waals surface area contributed by atoms with Gasteiger partial charge in [0.1, 0.15) is 0 Å². The molecule has 2 nitrogen and oxygen atoms in total. The van der Waals surface area contributed by atoms with Gasteiger partial charge in [0, 0.05) is 5.25 Å². The Morgan fingerprint density at radius 2 is 2.00 bits per heavy atom. The van der Waals surface area contributed by atoms with Crippen LogP contribution < -0.4 is 0 Å². The summed E-state index contributed by atoms with van der Waals surface area (Å²) >= 11 is 4.24. The van der Waals surface area contributed by atoms with E-state index in [-0.39, 0.29) is 11.7 Å². The Morgan fingerprint density at radius 1 is 1.33 bits per heavy atom. The molecule has 0 heterocycles. The summed E-state index contributed by atoms with van der Waals surface area (Å²) in [7, 11) is 0. The number of thiol groups is 1. The molecule has 0 aliphatic rings. The largest absolute Gasteiger partial charge is 0.481 e. The molecule has 1 atom stereocenters. The lowest BCUT2D eigenvalue weighted by Gasteiger charge is -2.07. The van der Waals surface area contributed by atoms with E-state index in [1.165, 1.54) is 5.56 Å². The summed E-state index contributed by atoms with van der Waals surface area (Å²) in [5, 5.41) is 8.53. The van der Waals surface area contributed by atoms with Crippen LogP contribution in [0.1, 0.15) is 24.8 Å². The van der Waals surface area contributed by atoms with Crippen molar-refractivity contribution < 1.29 is 9.90 Å². The molecule has 0 aliphatic carbocycles. The van der Waals surface area contributed by atoms with Gasteiger partial charge in [-0.25, -0.2) is 0 Å². The summed E-state index contributed by atoms with van der Waals surface area (Å²) in [5.41, 5.74) is 1.30. The molecule has 82 valence electrons. The number of aryl methyl sites for hydroxylation is 1. The Hall–Kier alpha value is -0.960. The average Bonchev–Trinajstić information content (AvgIpc) is 2.18. The van der Waals surface area contributed by atoms with Crippen LogP contribution in [0.15, 0.2) is 30.3 Å². The summed E-state index contributed by atoms with van der Waals surface area (Å²) in [6.45, 7) is 0. The van der Waals surface area contributed by atoms with Gasteiger partial charge in [0.2, 0.25) is 0 Å². The van der Waals surface area contributed by atoms with E-state index in [0.717, 1.165) is 19.3 Å². The highest BCUT2D eigenvalue weighted by Gasteiger charge is 2.07. The third-order valence-corrected chi connectivity index (χ3v) is 2.70. The lowest BCUT2D eigenvalue weighted by molar-refractivity contribution is -0.136. The van der Waals surface area contributed by atoms with Crippen LogP contribution in [0.5, 0.6) is 0 Å². The number of rotatable bonds is 6. The van der Waals surface area contributed by atoms with Gasteiger partial charge in [-0.05, 0) is 24.8 Å². The summed E-state index contributed by atoms with van der Waals surface area (Å²) < 4.78 is 0. The van der Waals surface area contributed by atoms with Crippen molar-refractivity contribution in [3.8, 4) is 0 Å². The van der Waals surface area contributed by atoms with E-state index in [4.69, 9.17) is 5.11 Å². The molecule has 15 heavy (non-hydrogen) atoms. The summed E-state index contributed by atoms with van der Waals surface area (Å²) in [5.74, 6) is -0.769. The van der Waals surface area contributed by atoms with Crippen LogP contribution in [0, 0.1) is 0 Å². The van der Waals surface area contributed by atoms with Crippen LogP contribution in [0.2, 0.25) is 0 Å². The molecule has 1 aromatic carbocycles. The Morgan fingerprint density at radius 3 is 2.60 bits per heavy atom. The van der Waals surface area contributed by atoms with Crippen molar-refractivity contribution >= 4 is 18.6 Å². The number of carbonyl (C=O) groups is 1. The molecule has 0 spiro atoms. The van der Waals surface area contributed by atoms with Crippen LogP contribution in [0.3, 0.4) is 0 Å². The van der Waals surface area contributed by atoms with Gasteiger partial charge >= 0.3 is 5.97 Å². The van der Waals surface area contributed by atoms with Gasteiger partial charge in [0.05, 0.1) is 6.42 Å². The van der Waals surface area contributed by atoms with Gasteiger partial charge in [0.25, 0.3) is 0 Å². The number of carboxylic acid groups (broad SMARTS) is 1. The zero-order chi connectivity index (χ0) is 11.1. The van der Waals surface area contributed by atoms with Gasteiger partial charge in [-0.3, -0.25) is 4.79 Å². The smallest absolute Gasteiger partial charge is 0.304 e. The fourth-order valence-electron chi connectivity index (χ4n) is 1.49. The van der Waals surface area contributed by atoms with Gasteiger partial charge in [-0.2, -0.15) is 12.6 Å². The molecule has 0 amide bonds. The quantitative estimate of drug-likeness (QED) is 0.729. The summed E-state index contributed by atoms with van der Waals surface area (Å²) in [6.07, 6.45) is 2.99. The molecule has 0 saturated carbocycles. The van der Waals surface area contributed by atoms with E-state index in [1.807, 2.05) is 18.2 Å². The van der Waals surface area contributed by atoms with Crippen molar-refractivity contribution in [1.82, 2.24) is 0 Å². The van der Waals surface area contributed by atoms with Crippen LogP contribution in [0.25, 0.3) is 0 Å². The third kappa shape index (κ3) is 5.47. The minimum Gasteiger partial charge on any atom is -0.481 e. The van der Waals surface area contributed by atoms with Crippen molar-refractivity contribution in [2.75, 3.05) is 0 Å². The van der Waals surface area contributed by atoms with E-state index in [2.05, 4.69) is 24.8 Å². The third-order valence-electron chi connectivity index (χ3n) is 2.26. The fourth-order valence-corrected chi connectivity index (χ4v) is 1.83. The monoisotopic (exact) mass is 224 g/mol. The maximum absolute atomic E-state index is 10.4. The molecule has 0 aromatic heterocycles. The highest BCUT2D eigenvalue weighted by atomic mass is 32.1. The van der Waals surface area contributed by atoms with Crippen LogP contribution >= 0.6 is 12.6 Å². The van der Waals surface area contributed by atoms with Crippen molar-refractivity contribution in [3.63, 3.8) is 0 Å². The van der Waals surface area contributed by atoms with Gasteiger partial charge < -0.3 is 5.11 Å². The number of benzene rings is 1. The lowest BCUT2D eigenvalue weighted by Crippen LogP contribution is -2.07. The Kier molecular flexibility index (Phi) is 5.26. The lowest BCUT2D eigenvalue weighted by atomic mass is 10.1. The minimum absolute atomic E-state index is 0.0220. The first-order valence-electron chi connectivity index (χ1n) is 5.12. The van der Waals surface area contributed by atoms with Gasteiger partial charge in [-0.15, -0.1) is 0 Å². The zero-order valence-electron chi connectivity index (χ0n) is 8.60. The van der Waals surface area contributed by atoms with Crippen LogP contribution in [0.4, 0.5) is 0 Å². The molecular weight excluding hydrogens is 208 g/mol. The molecule has 1 rings (SSSR count). The van der Waals surface area contributed by atoms with Crippen molar-refractivity contribution in [3.05, 3.63) is 35.9 Å². The van der Waals surface area contributed by atoms with E-state index in [0.29, 0.717) is 0 Å². The van der Waals surface area contributed by atoms with E-state index in [9.17, 15) is 4.79 Å². The maximum Gasteiger partial charge on any atom is 0.304 e. The number of carboxylic acids is 1.